The SMILES string of the molecule is COc1ccccc1C1CCN(C(=O)c2cnc(SC)nc2)CC1. The van der Waals surface area contributed by atoms with E-state index in [4.69, 9.17) is 4.74 Å². The van der Waals surface area contributed by atoms with Gasteiger partial charge in [0.1, 0.15) is 5.75 Å². The van der Waals surface area contributed by atoms with Crippen LogP contribution >= 0.6 is 11.8 Å². The molecule has 126 valence electrons. The van der Waals surface area contributed by atoms with Crippen molar-refractivity contribution in [2.24, 2.45) is 0 Å². The van der Waals surface area contributed by atoms with Crippen molar-refractivity contribution in [3.63, 3.8) is 0 Å². The summed E-state index contributed by atoms with van der Waals surface area (Å²) < 4.78 is 5.46. The van der Waals surface area contributed by atoms with Crippen molar-refractivity contribution in [1.29, 1.82) is 0 Å². The van der Waals surface area contributed by atoms with Crippen LogP contribution in [0.3, 0.4) is 0 Å². The number of para-hydroxylation sites is 1. The molecule has 1 fully saturated rings. The molecule has 1 saturated heterocycles. The van der Waals surface area contributed by atoms with Gasteiger partial charge >= 0.3 is 0 Å². The average Bonchev–Trinajstić information content (AvgIpc) is 2.67. The standard InChI is InChI=1S/C18H21N3O2S/c1-23-16-6-4-3-5-15(16)13-7-9-21(10-8-13)17(22)14-11-19-18(24-2)20-12-14/h3-6,11-13H,7-10H2,1-2H3. The molecule has 2 heterocycles. The van der Waals surface area contributed by atoms with Crippen molar-refractivity contribution in [2.45, 2.75) is 23.9 Å². The van der Waals surface area contributed by atoms with E-state index in [9.17, 15) is 4.79 Å². The first-order chi connectivity index (χ1) is 11.7. The van der Waals surface area contributed by atoms with Gasteiger partial charge in [-0.3, -0.25) is 4.79 Å². The van der Waals surface area contributed by atoms with Gasteiger partial charge < -0.3 is 9.64 Å². The molecule has 1 aromatic heterocycles. The number of piperidine rings is 1. The minimum Gasteiger partial charge on any atom is -0.496 e. The summed E-state index contributed by atoms with van der Waals surface area (Å²) in [6.07, 6.45) is 7.03. The van der Waals surface area contributed by atoms with Gasteiger partial charge in [-0.25, -0.2) is 9.97 Å². The highest BCUT2D eigenvalue weighted by Gasteiger charge is 2.26. The number of ether oxygens (including phenoxy) is 1. The monoisotopic (exact) mass is 343 g/mol. The van der Waals surface area contributed by atoms with E-state index in [0.717, 1.165) is 31.7 Å². The predicted molar refractivity (Wildman–Crippen MR) is 94.7 cm³/mol. The Morgan fingerprint density at radius 1 is 1.21 bits per heavy atom. The minimum atomic E-state index is 0.0149. The Morgan fingerprint density at radius 3 is 2.50 bits per heavy atom. The summed E-state index contributed by atoms with van der Waals surface area (Å²) >= 11 is 1.47. The van der Waals surface area contributed by atoms with Crippen LogP contribution in [0.5, 0.6) is 5.75 Å². The number of aromatic nitrogens is 2. The summed E-state index contributed by atoms with van der Waals surface area (Å²) in [4.78, 5) is 22.8. The maximum atomic E-state index is 12.6. The van der Waals surface area contributed by atoms with E-state index in [-0.39, 0.29) is 5.91 Å². The van der Waals surface area contributed by atoms with Gasteiger partial charge in [0.15, 0.2) is 5.16 Å². The fourth-order valence-electron chi connectivity index (χ4n) is 3.11. The highest BCUT2D eigenvalue weighted by Crippen LogP contribution is 2.34. The first kappa shape index (κ1) is 16.8. The third-order valence-electron chi connectivity index (χ3n) is 4.42. The molecule has 24 heavy (non-hydrogen) atoms. The van der Waals surface area contributed by atoms with Crippen molar-refractivity contribution in [3.8, 4) is 5.75 Å². The van der Waals surface area contributed by atoms with Crippen LogP contribution in [0.2, 0.25) is 0 Å². The number of carbonyl (C=O) groups excluding carboxylic acids is 1. The fourth-order valence-corrected chi connectivity index (χ4v) is 3.43. The molecule has 3 rings (SSSR count). The van der Waals surface area contributed by atoms with Gasteiger partial charge in [-0.1, -0.05) is 30.0 Å². The Hall–Kier alpha value is -2.08. The number of amides is 1. The molecule has 0 atom stereocenters. The average molecular weight is 343 g/mol. The zero-order chi connectivity index (χ0) is 16.9. The molecule has 0 aliphatic carbocycles. The minimum absolute atomic E-state index is 0.0149. The zero-order valence-corrected chi connectivity index (χ0v) is 14.8. The van der Waals surface area contributed by atoms with E-state index in [1.807, 2.05) is 29.4 Å². The normalized spacial score (nSPS) is 15.3. The van der Waals surface area contributed by atoms with Gasteiger partial charge in [0.2, 0.25) is 0 Å². The molecule has 0 spiro atoms. The third kappa shape index (κ3) is 3.53. The first-order valence-electron chi connectivity index (χ1n) is 8.01. The number of hydrogen-bond donors (Lipinski definition) is 0. The number of benzene rings is 1. The van der Waals surface area contributed by atoms with Crippen LogP contribution in [0, 0.1) is 0 Å². The molecule has 6 heteroatoms. The van der Waals surface area contributed by atoms with Gasteiger partial charge in [0.05, 0.1) is 12.7 Å². The second-order valence-corrected chi connectivity index (χ2v) is 6.54. The van der Waals surface area contributed by atoms with Crippen molar-refractivity contribution < 1.29 is 9.53 Å². The Kier molecular flexibility index (Phi) is 5.35. The topological polar surface area (TPSA) is 55.3 Å². The Balaban J connectivity index is 1.65. The van der Waals surface area contributed by atoms with Gasteiger partial charge in [0.25, 0.3) is 5.91 Å². The van der Waals surface area contributed by atoms with Crippen LogP contribution in [0.25, 0.3) is 0 Å². The number of rotatable bonds is 4. The van der Waals surface area contributed by atoms with Gasteiger partial charge in [-0.05, 0) is 36.6 Å². The number of nitrogens with zero attached hydrogens (tertiary/aromatic N) is 3. The number of hydrogen-bond acceptors (Lipinski definition) is 5. The molecular weight excluding hydrogens is 322 g/mol. The molecule has 1 aliphatic rings. The van der Waals surface area contributed by atoms with Crippen molar-refractivity contribution >= 4 is 17.7 Å². The molecule has 0 unspecified atom stereocenters. The summed E-state index contributed by atoms with van der Waals surface area (Å²) in [6, 6.07) is 8.15. The van der Waals surface area contributed by atoms with Crippen LogP contribution in [-0.2, 0) is 0 Å². The molecule has 0 saturated carbocycles. The molecule has 1 amide bonds. The summed E-state index contributed by atoms with van der Waals surface area (Å²) in [7, 11) is 1.70. The molecular formula is C18H21N3O2S. The second-order valence-electron chi connectivity index (χ2n) is 5.77. The van der Waals surface area contributed by atoms with E-state index in [1.54, 1.807) is 19.5 Å². The van der Waals surface area contributed by atoms with E-state index < -0.39 is 0 Å². The van der Waals surface area contributed by atoms with E-state index in [0.29, 0.717) is 16.6 Å². The maximum Gasteiger partial charge on any atom is 0.256 e. The van der Waals surface area contributed by atoms with E-state index in [1.165, 1.54) is 17.3 Å². The zero-order valence-electron chi connectivity index (χ0n) is 13.9. The Morgan fingerprint density at radius 2 is 1.88 bits per heavy atom. The number of carbonyl (C=O) groups is 1. The van der Waals surface area contributed by atoms with Crippen molar-refractivity contribution in [1.82, 2.24) is 14.9 Å². The van der Waals surface area contributed by atoms with E-state index in [2.05, 4.69) is 16.0 Å². The Bertz CT molecular complexity index is 698. The molecule has 5 nitrogen and oxygen atoms in total. The summed E-state index contributed by atoms with van der Waals surface area (Å²) in [5, 5.41) is 0.682. The maximum absolute atomic E-state index is 12.6. The molecule has 1 aromatic carbocycles. The molecule has 2 aromatic rings. The van der Waals surface area contributed by atoms with Gasteiger partial charge in [0, 0.05) is 25.5 Å². The number of methoxy groups -OCH3 is 1. The molecule has 1 aliphatic heterocycles. The fraction of sp³-hybridized carbons (Fsp3) is 0.389. The van der Waals surface area contributed by atoms with Gasteiger partial charge in [-0.2, -0.15) is 0 Å². The lowest BCUT2D eigenvalue weighted by atomic mass is 9.88. The first-order valence-corrected chi connectivity index (χ1v) is 9.23. The second kappa shape index (κ2) is 7.66. The van der Waals surface area contributed by atoms with Crippen LogP contribution in [-0.4, -0.2) is 47.2 Å². The highest BCUT2D eigenvalue weighted by molar-refractivity contribution is 7.98. The lowest BCUT2D eigenvalue weighted by molar-refractivity contribution is 0.0711. The number of likely N-dealkylation sites (tertiary alicyclic amines) is 1. The van der Waals surface area contributed by atoms with E-state index >= 15 is 0 Å². The third-order valence-corrected chi connectivity index (χ3v) is 4.99. The molecule has 0 N–H and O–H groups in total. The van der Waals surface area contributed by atoms with Crippen LogP contribution in [0.4, 0.5) is 0 Å². The molecule has 0 bridgehead atoms. The van der Waals surface area contributed by atoms with Gasteiger partial charge in [-0.15, -0.1) is 0 Å². The smallest absolute Gasteiger partial charge is 0.256 e. The lowest BCUT2D eigenvalue weighted by Crippen LogP contribution is -2.38. The quantitative estimate of drug-likeness (QED) is 0.630. The van der Waals surface area contributed by atoms with Crippen LogP contribution in [0.1, 0.15) is 34.7 Å². The molecule has 0 radical (unpaired) electrons. The summed E-state index contributed by atoms with van der Waals surface area (Å²) in [5.41, 5.74) is 1.79. The highest BCUT2D eigenvalue weighted by atomic mass is 32.2. The number of thioether (sulfide) groups is 1. The summed E-state index contributed by atoms with van der Waals surface area (Å²) in [5.74, 6) is 1.38. The van der Waals surface area contributed by atoms with Crippen molar-refractivity contribution in [3.05, 3.63) is 47.8 Å². The largest absolute Gasteiger partial charge is 0.496 e. The van der Waals surface area contributed by atoms with Crippen LogP contribution in [0.15, 0.2) is 41.8 Å². The van der Waals surface area contributed by atoms with Crippen molar-refractivity contribution in [2.75, 3.05) is 26.5 Å². The lowest BCUT2D eigenvalue weighted by Gasteiger charge is -2.32. The van der Waals surface area contributed by atoms with Crippen LogP contribution < -0.4 is 4.74 Å². The predicted octanol–water partition coefficient (Wildman–Crippen LogP) is 3.23. The summed E-state index contributed by atoms with van der Waals surface area (Å²) in [6.45, 7) is 1.48. The Labute approximate surface area is 146 Å².